The van der Waals surface area contributed by atoms with Gasteiger partial charge in [0.1, 0.15) is 12.2 Å². The number of pyridine rings is 1. The number of fused-ring (bicyclic) bond motifs is 2. The van der Waals surface area contributed by atoms with Gasteiger partial charge in [-0.05, 0) is 31.0 Å². The SMILES string of the molecule is CCc1cnc(-n2cnc(C)n2)c2[nH]cc(C(=O)C(=O)N3CCc4c(cnn4-c4ccccc4)C3)c12. The molecule has 36 heavy (non-hydrogen) atoms. The molecule has 10 nitrogen and oxygen atoms in total. The van der Waals surface area contributed by atoms with Crippen LogP contribution >= 0.6 is 0 Å². The Bertz CT molecular complexity index is 1610. The number of benzene rings is 1. The van der Waals surface area contributed by atoms with Gasteiger partial charge in [-0.3, -0.25) is 9.59 Å². The van der Waals surface area contributed by atoms with E-state index in [1.165, 1.54) is 0 Å². The van der Waals surface area contributed by atoms with Crippen LogP contribution in [-0.2, 0) is 24.2 Å². The average Bonchev–Trinajstić information content (AvgIpc) is 3.65. The fraction of sp³-hybridized carbons (Fsp3) is 0.231. The molecule has 1 N–H and O–H groups in total. The van der Waals surface area contributed by atoms with Crippen molar-refractivity contribution in [1.82, 2.24) is 39.4 Å². The predicted octanol–water partition coefficient (Wildman–Crippen LogP) is 2.97. The smallest absolute Gasteiger partial charge is 0.295 e. The number of aryl methyl sites for hydroxylation is 2. The number of aromatic nitrogens is 7. The molecule has 10 heteroatoms. The first kappa shape index (κ1) is 21.9. The number of H-pyrrole nitrogens is 1. The van der Waals surface area contributed by atoms with Gasteiger partial charge < -0.3 is 9.88 Å². The van der Waals surface area contributed by atoms with Gasteiger partial charge in [0, 0.05) is 42.9 Å². The molecule has 5 heterocycles. The maximum absolute atomic E-state index is 13.5. The average molecular weight is 481 g/mol. The van der Waals surface area contributed by atoms with Gasteiger partial charge in [-0.25, -0.2) is 19.3 Å². The van der Waals surface area contributed by atoms with E-state index >= 15 is 0 Å². The molecule has 1 aliphatic rings. The van der Waals surface area contributed by atoms with Crippen LogP contribution in [0, 0.1) is 6.92 Å². The first-order valence-corrected chi connectivity index (χ1v) is 11.9. The molecule has 0 bridgehead atoms. The molecular weight excluding hydrogens is 456 g/mol. The molecular formula is C26H24N8O2. The normalized spacial score (nSPS) is 13.2. The van der Waals surface area contributed by atoms with E-state index in [4.69, 9.17) is 0 Å². The summed E-state index contributed by atoms with van der Waals surface area (Å²) in [7, 11) is 0. The Morgan fingerprint density at radius 2 is 1.94 bits per heavy atom. The van der Waals surface area contributed by atoms with E-state index in [9.17, 15) is 9.59 Å². The topological polar surface area (TPSA) is 115 Å². The van der Waals surface area contributed by atoms with Gasteiger partial charge in [-0.2, -0.15) is 10.2 Å². The zero-order valence-electron chi connectivity index (χ0n) is 20.0. The van der Waals surface area contributed by atoms with E-state index in [1.54, 1.807) is 41.4 Å². The van der Waals surface area contributed by atoms with E-state index in [0.29, 0.717) is 54.0 Å². The molecule has 5 aromatic rings. The van der Waals surface area contributed by atoms with Gasteiger partial charge in [-0.15, -0.1) is 0 Å². The summed E-state index contributed by atoms with van der Waals surface area (Å²) in [5, 5.41) is 9.58. The summed E-state index contributed by atoms with van der Waals surface area (Å²) in [6.45, 7) is 4.59. The molecule has 0 radical (unpaired) electrons. The Labute approximate surface area is 206 Å². The van der Waals surface area contributed by atoms with Gasteiger partial charge in [0.05, 0.1) is 28.7 Å². The molecule has 0 spiro atoms. The summed E-state index contributed by atoms with van der Waals surface area (Å²) >= 11 is 0. The first-order chi connectivity index (χ1) is 17.5. The van der Waals surface area contributed by atoms with Crippen LogP contribution in [0.15, 0.2) is 55.2 Å². The highest BCUT2D eigenvalue weighted by Crippen LogP contribution is 2.28. The number of Topliss-reactive ketones (excluding diaryl/α,β-unsaturated/α-hetero) is 1. The van der Waals surface area contributed by atoms with Gasteiger partial charge in [0.25, 0.3) is 11.7 Å². The standard InChI is InChI=1S/C26H24N8O2/c1-3-17-11-28-25(33-15-29-16(2)31-33)23-22(17)20(13-27-23)24(35)26(36)32-10-9-21-18(14-32)12-30-34(21)19-7-5-4-6-8-19/h4-8,11-13,15,27H,3,9-10,14H2,1-2H3. The van der Waals surface area contributed by atoms with Crippen LogP contribution in [-0.4, -0.2) is 57.6 Å². The lowest BCUT2D eigenvalue weighted by Gasteiger charge is -2.27. The van der Waals surface area contributed by atoms with E-state index in [2.05, 4.69) is 25.1 Å². The Morgan fingerprint density at radius 3 is 2.69 bits per heavy atom. The van der Waals surface area contributed by atoms with Crippen molar-refractivity contribution >= 4 is 22.6 Å². The van der Waals surface area contributed by atoms with Crippen LogP contribution < -0.4 is 0 Å². The fourth-order valence-corrected chi connectivity index (χ4v) is 4.83. The highest BCUT2D eigenvalue weighted by molar-refractivity contribution is 6.45. The molecule has 0 saturated heterocycles. The van der Waals surface area contributed by atoms with Crippen molar-refractivity contribution in [1.29, 1.82) is 0 Å². The van der Waals surface area contributed by atoms with Crippen molar-refractivity contribution in [2.24, 2.45) is 0 Å². The molecule has 0 unspecified atom stereocenters. The van der Waals surface area contributed by atoms with Crippen molar-refractivity contribution in [2.45, 2.75) is 33.2 Å². The number of hydrogen-bond acceptors (Lipinski definition) is 6. The summed E-state index contributed by atoms with van der Waals surface area (Å²) in [4.78, 5) is 40.3. The lowest BCUT2D eigenvalue weighted by atomic mass is 10.0. The summed E-state index contributed by atoms with van der Waals surface area (Å²) in [6, 6.07) is 9.90. The predicted molar refractivity (Wildman–Crippen MR) is 132 cm³/mol. The molecule has 4 aromatic heterocycles. The van der Waals surface area contributed by atoms with Crippen molar-refractivity contribution < 1.29 is 9.59 Å². The molecule has 6 rings (SSSR count). The number of hydrogen-bond donors (Lipinski definition) is 1. The van der Waals surface area contributed by atoms with Crippen LogP contribution in [0.1, 0.15) is 39.9 Å². The Morgan fingerprint density at radius 1 is 1.11 bits per heavy atom. The molecule has 180 valence electrons. The van der Waals surface area contributed by atoms with Crippen LogP contribution in [0.4, 0.5) is 0 Å². The molecule has 0 saturated carbocycles. The number of nitrogens with one attached hydrogen (secondary N) is 1. The minimum Gasteiger partial charge on any atom is -0.357 e. The number of carbonyl (C=O) groups is 2. The van der Waals surface area contributed by atoms with Crippen molar-refractivity contribution in [3.05, 3.63) is 83.5 Å². The molecule has 1 aromatic carbocycles. The van der Waals surface area contributed by atoms with Gasteiger partial charge in [0.15, 0.2) is 5.82 Å². The number of para-hydroxylation sites is 1. The number of rotatable bonds is 5. The second-order valence-corrected chi connectivity index (χ2v) is 8.82. The minimum atomic E-state index is -0.540. The summed E-state index contributed by atoms with van der Waals surface area (Å²) in [5.41, 5.74) is 4.88. The zero-order chi connectivity index (χ0) is 24.8. The molecule has 1 aliphatic heterocycles. The minimum absolute atomic E-state index is 0.345. The third-order valence-electron chi connectivity index (χ3n) is 6.63. The van der Waals surface area contributed by atoms with Gasteiger partial charge >= 0.3 is 0 Å². The van der Waals surface area contributed by atoms with Crippen LogP contribution in [0.5, 0.6) is 0 Å². The fourth-order valence-electron chi connectivity index (χ4n) is 4.83. The second-order valence-electron chi connectivity index (χ2n) is 8.82. The first-order valence-electron chi connectivity index (χ1n) is 11.9. The van der Waals surface area contributed by atoms with Crippen molar-refractivity contribution in [3.8, 4) is 11.5 Å². The molecule has 0 fully saturated rings. The maximum atomic E-state index is 13.5. The summed E-state index contributed by atoms with van der Waals surface area (Å²) in [6.07, 6.45) is 7.98. The highest BCUT2D eigenvalue weighted by Gasteiger charge is 2.31. The third kappa shape index (κ3) is 3.49. The van der Waals surface area contributed by atoms with Crippen LogP contribution in [0.25, 0.3) is 22.4 Å². The number of nitrogens with zero attached hydrogens (tertiary/aromatic N) is 7. The zero-order valence-corrected chi connectivity index (χ0v) is 20.0. The maximum Gasteiger partial charge on any atom is 0.295 e. The summed E-state index contributed by atoms with van der Waals surface area (Å²) in [5.74, 6) is 0.0839. The van der Waals surface area contributed by atoms with Gasteiger partial charge in [-0.1, -0.05) is 25.1 Å². The molecule has 0 aliphatic carbocycles. The van der Waals surface area contributed by atoms with E-state index < -0.39 is 11.7 Å². The van der Waals surface area contributed by atoms with Crippen molar-refractivity contribution in [3.63, 3.8) is 0 Å². The Kier molecular flexibility index (Phi) is 5.21. The molecule has 0 atom stereocenters. The Balaban J connectivity index is 1.31. The number of aromatic amines is 1. The van der Waals surface area contributed by atoms with Gasteiger partial charge in [0.2, 0.25) is 0 Å². The highest BCUT2D eigenvalue weighted by atomic mass is 16.2. The Hall–Kier alpha value is -4.60. The molecule has 1 amide bonds. The lowest BCUT2D eigenvalue weighted by Crippen LogP contribution is -2.40. The lowest BCUT2D eigenvalue weighted by molar-refractivity contribution is -0.127. The number of amides is 1. The third-order valence-corrected chi connectivity index (χ3v) is 6.63. The quantitative estimate of drug-likeness (QED) is 0.306. The second kappa shape index (κ2) is 8.56. The monoisotopic (exact) mass is 480 g/mol. The van der Waals surface area contributed by atoms with Crippen LogP contribution in [0.2, 0.25) is 0 Å². The van der Waals surface area contributed by atoms with E-state index in [1.807, 2.05) is 41.9 Å². The van der Waals surface area contributed by atoms with Crippen molar-refractivity contribution in [2.75, 3.05) is 6.54 Å². The van der Waals surface area contributed by atoms with E-state index in [0.717, 1.165) is 22.5 Å². The van der Waals surface area contributed by atoms with Crippen LogP contribution in [0.3, 0.4) is 0 Å². The van der Waals surface area contributed by atoms with E-state index in [-0.39, 0.29) is 0 Å². The number of ketones is 1. The summed E-state index contributed by atoms with van der Waals surface area (Å²) < 4.78 is 3.48. The largest absolute Gasteiger partial charge is 0.357 e. The number of carbonyl (C=O) groups excluding carboxylic acids is 2.